The van der Waals surface area contributed by atoms with E-state index in [-0.39, 0.29) is 15.7 Å². The molecule has 0 spiro atoms. The van der Waals surface area contributed by atoms with Crippen LogP contribution in [0.1, 0.15) is 173 Å². The van der Waals surface area contributed by atoms with Crippen LogP contribution in [0.25, 0.3) is 22.6 Å². The molecule has 0 radical (unpaired) electrons. The van der Waals surface area contributed by atoms with E-state index in [0.717, 1.165) is 112 Å². The highest BCUT2D eigenvalue weighted by Gasteiger charge is 2.45. The van der Waals surface area contributed by atoms with Crippen LogP contribution in [0, 0.1) is 19.8 Å². The van der Waals surface area contributed by atoms with E-state index in [4.69, 9.17) is 59.4 Å². The first-order valence-electron chi connectivity index (χ1n) is 27.0. The first kappa shape index (κ1) is 65.2. The quantitative estimate of drug-likeness (QED) is 0.110. The Balaban J connectivity index is 0.000000197. The van der Waals surface area contributed by atoms with Crippen molar-refractivity contribution in [3.05, 3.63) is 191 Å². The van der Waals surface area contributed by atoms with Gasteiger partial charge in [-0.05, 0) is 76.1 Å². The second-order valence-corrected chi connectivity index (χ2v) is 22.4. The van der Waals surface area contributed by atoms with Gasteiger partial charge in [-0.25, -0.2) is 0 Å². The fourth-order valence-corrected chi connectivity index (χ4v) is 7.56. The minimum atomic E-state index is -0.184. The highest BCUT2D eigenvalue weighted by Crippen LogP contribution is 2.51. The molecule has 18 heteroatoms. The third kappa shape index (κ3) is 22.8. The summed E-state index contributed by atoms with van der Waals surface area (Å²) in [6, 6.07) is 28.5. The lowest BCUT2D eigenvalue weighted by molar-refractivity contribution is 0.310. The molecule has 80 heavy (non-hydrogen) atoms. The van der Waals surface area contributed by atoms with Gasteiger partial charge in [0.05, 0.1) is 49.6 Å². The summed E-state index contributed by atoms with van der Waals surface area (Å²) in [7, 11) is 0. The maximum absolute atomic E-state index is 5.98. The van der Waals surface area contributed by atoms with Gasteiger partial charge in [-0.3, -0.25) is 0 Å². The summed E-state index contributed by atoms with van der Waals surface area (Å²) < 4.78 is 39.8. The lowest BCUT2D eigenvalue weighted by Gasteiger charge is -2.17. The lowest BCUT2D eigenvalue weighted by Crippen LogP contribution is -2.13. The molecule has 0 N–H and O–H groups in total. The molecule has 1 saturated carbocycles. The minimum Gasteiger partial charge on any atom is -0.361 e. The van der Waals surface area contributed by atoms with Crippen molar-refractivity contribution in [3.63, 3.8) is 0 Å². The smallest absolute Gasteiger partial charge is 0.166 e. The maximum Gasteiger partial charge on any atom is 0.166 e. The number of halogens is 2. The van der Waals surface area contributed by atoms with Gasteiger partial charge in [0, 0.05) is 92.8 Å². The van der Waals surface area contributed by atoms with Gasteiger partial charge in [-0.15, -0.1) is 11.6 Å². The molecule has 0 unspecified atom stereocenters. The van der Waals surface area contributed by atoms with E-state index in [1.807, 2.05) is 105 Å². The first-order valence-corrected chi connectivity index (χ1v) is 27.7. The Morgan fingerprint density at radius 1 is 0.537 bits per heavy atom. The van der Waals surface area contributed by atoms with Gasteiger partial charge in [0.15, 0.2) is 17.3 Å². The second kappa shape index (κ2) is 33.3. The molecule has 0 aliphatic heterocycles. The van der Waals surface area contributed by atoms with Gasteiger partial charge in [0.1, 0.15) is 33.7 Å². The number of nitrogens with zero attached hydrogens (tertiary/aromatic N) is 8. The van der Waals surface area contributed by atoms with Crippen molar-refractivity contribution in [2.45, 2.75) is 163 Å². The van der Waals surface area contributed by atoms with E-state index in [2.05, 4.69) is 124 Å². The zero-order chi connectivity index (χ0) is 58.6. The van der Waals surface area contributed by atoms with Crippen molar-refractivity contribution in [1.82, 2.24) is 41.3 Å². The molecule has 1 aliphatic carbocycles. The number of rotatable bonds is 11. The molecule has 0 bridgehead atoms. The Labute approximate surface area is 481 Å². The Morgan fingerprint density at radius 3 is 1.45 bits per heavy atom. The van der Waals surface area contributed by atoms with Crippen LogP contribution < -0.4 is 0 Å². The van der Waals surface area contributed by atoms with E-state index in [9.17, 15) is 0 Å². The van der Waals surface area contributed by atoms with Crippen LogP contribution in [0.5, 0.6) is 0 Å². The highest BCUT2D eigenvalue weighted by atomic mass is 35.5. The Kier molecular flexibility index (Phi) is 27.2. The monoisotopic (exact) mass is 1130 g/mol. The summed E-state index contributed by atoms with van der Waals surface area (Å²) in [5, 5.41) is 29.8. The van der Waals surface area contributed by atoms with Crippen LogP contribution in [-0.4, -0.2) is 41.3 Å². The third-order valence-corrected chi connectivity index (χ3v) is 13.1. The van der Waals surface area contributed by atoms with Gasteiger partial charge >= 0.3 is 0 Å². The highest BCUT2D eigenvalue weighted by molar-refractivity contribution is 6.30. The molecule has 1 fully saturated rings. The summed E-state index contributed by atoms with van der Waals surface area (Å²) in [5.41, 5.74) is 4.54. The Hall–Kier alpha value is -7.30. The second-order valence-electron chi connectivity index (χ2n) is 21.2. The maximum atomic E-state index is 5.98. The van der Waals surface area contributed by atoms with Gasteiger partial charge < -0.3 is 36.2 Å². The molecule has 0 atom stereocenters. The molecule has 10 aromatic rings. The molecular weight excluding hydrogens is 1060 g/mol. The number of aromatic nitrogens is 8. The fraction of sp³-hybridized carbons (Fsp3) is 0.419. The summed E-state index contributed by atoms with van der Waals surface area (Å²) >= 11 is 11.7. The van der Waals surface area contributed by atoms with E-state index in [1.165, 1.54) is 0 Å². The Morgan fingerprint density at radius 2 is 1.06 bits per heavy atom. The van der Waals surface area contributed by atoms with Crippen LogP contribution in [0.2, 0.25) is 5.02 Å². The zero-order valence-corrected chi connectivity index (χ0v) is 50.4. The van der Waals surface area contributed by atoms with Crippen molar-refractivity contribution >= 4 is 23.2 Å². The van der Waals surface area contributed by atoms with Crippen LogP contribution in [0.15, 0.2) is 177 Å². The summed E-state index contributed by atoms with van der Waals surface area (Å²) in [5.74, 6) is 8.97. The number of aryl methyl sites for hydroxylation is 2. The average molecular weight is 1140 g/mol. The van der Waals surface area contributed by atoms with Crippen LogP contribution in [0.4, 0.5) is 0 Å². The standard InChI is InChI=1S/C9H6ClNO.C9H7NO.3C8H13NO.2C7H11NO.C6H6ClNO/c10-8-3-1-7(2-4-8)9-5-6-11-12-9;1-2-4-8(5-3-1)9-6-7-10-11-9;1-6-5-9-10-7(6)8(2,3)4;1-4-8(2,3)7-5-6-9-10-7;1-3-7(4-2)8-5-6-9-10-8;1-5(2)7-6(3)4-8-9-7;1-6(2)5-7-3-4-8-9-7;7-6(2-3-6)5-1-4-8-9-5/h1-6H;1-7H;5H,1-4H3;5-6H,4H2,1-3H3;5-7H,3-4H2,1-2H3;4-5H,1-3H3;3-4,6H,5H2,1-2H3;1,4H,2-3H2. The summed E-state index contributed by atoms with van der Waals surface area (Å²) in [6.07, 6.45) is 19.8. The molecule has 11 rings (SSSR count). The topological polar surface area (TPSA) is 208 Å². The van der Waals surface area contributed by atoms with Gasteiger partial charge in [0.2, 0.25) is 0 Å². The first-order chi connectivity index (χ1) is 38.2. The van der Waals surface area contributed by atoms with Crippen molar-refractivity contribution in [3.8, 4) is 22.6 Å². The lowest BCUT2D eigenvalue weighted by atomic mass is 9.88. The SMILES string of the molecule is CC(C)Cc1ccno1.CCC(C)(C)c1ccno1.CCC(CC)c1ccno1.Cc1cnoc1C(C)(C)C.Cc1cnoc1C(C)C.ClC1(c2ccno2)CC1.Clc1ccc(-c2ccno2)cc1.c1ccc(-c2ccno2)cc1. The van der Waals surface area contributed by atoms with Crippen molar-refractivity contribution in [2.24, 2.45) is 5.92 Å². The zero-order valence-electron chi connectivity index (χ0n) is 48.9. The predicted molar refractivity (Wildman–Crippen MR) is 312 cm³/mol. The molecule has 1 aliphatic rings. The average Bonchev–Trinajstić information content (AvgIpc) is 4.29. The molecule has 16 nitrogen and oxygen atoms in total. The van der Waals surface area contributed by atoms with E-state index in [1.54, 1.807) is 49.6 Å². The molecule has 8 aromatic heterocycles. The number of hydrogen-bond donors (Lipinski definition) is 0. The molecule has 0 saturated heterocycles. The van der Waals surface area contributed by atoms with Crippen LogP contribution >= 0.6 is 23.2 Å². The molecule has 8 heterocycles. The largest absolute Gasteiger partial charge is 0.361 e. The fourth-order valence-electron chi connectivity index (χ4n) is 7.24. The van der Waals surface area contributed by atoms with Gasteiger partial charge in [-0.1, -0.05) is 166 Å². The van der Waals surface area contributed by atoms with Gasteiger partial charge in [0.25, 0.3) is 0 Å². The molecule has 0 amide bonds. The van der Waals surface area contributed by atoms with Crippen LogP contribution in [-0.2, 0) is 22.1 Å². The Bertz CT molecular complexity index is 3030. The van der Waals surface area contributed by atoms with Gasteiger partial charge in [-0.2, -0.15) is 0 Å². The minimum absolute atomic E-state index is 0.0839. The van der Waals surface area contributed by atoms with E-state index >= 15 is 0 Å². The van der Waals surface area contributed by atoms with E-state index < -0.39 is 0 Å². The third-order valence-electron chi connectivity index (χ3n) is 12.3. The predicted octanol–water partition coefficient (Wildman–Crippen LogP) is 18.4. The van der Waals surface area contributed by atoms with Crippen molar-refractivity contribution < 1.29 is 36.2 Å². The number of benzene rings is 2. The summed E-state index contributed by atoms with van der Waals surface area (Å²) in [4.78, 5) is -0.184. The molecule has 430 valence electrons. The number of alkyl halides is 1. The molecule has 2 aromatic carbocycles. The van der Waals surface area contributed by atoms with Crippen LogP contribution in [0.3, 0.4) is 0 Å². The summed E-state index contributed by atoms with van der Waals surface area (Å²) in [6.45, 7) is 29.6. The van der Waals surface area contributed by atoms with Crippen molar-refractivity contribution in [2.75, 3.05) is 0 Å². The normalized spacial score (nSPS) is 12.0. The van der Waals surface area contributed by atoms with Crippen molar-refractivity contribution in [1.29, 1.82) is 0 Å². The number of hydrogen-bond acceptors (Lipinski definition) is 16. The van der Waals surface area contributed by atoms with E-state index in [0.29, 0.717) is 17.8 Å². The molecular formula is C62H80Cl2N8O8.